The van der Waals surface area contributed by atoms with Gasteiger partial charge in [-0.25, -0.2) is 10.0 Å². The largest absolute Gasteiger partial charge is 0.499 e. The first-order valence-electron chi connectivity index (χ1n) is 12.0. The van der Waals surface area contributed by atoms with E-state index in [0.717, 1.165) is 49.4 Å². The molecule has 2 fully saturated rings. The van der Waals surface area contributed by atoms with E-state index < -0.39 is 0 Å². The number of allylic oxidation sites excluding steroid dienone is 1. The molecule has 0 aromatic rings. The maximum absolute atomic E-state index is 13.1. The Kier molecular flexibility index (Phi) is 7.26. The van der Waals surface area contributed by atoms with Crippen LogP contribution in [0.4, 0.5) is 0 Å². The van der Waals surface area contributed by atoms with Crippen molar-refractivity contribution in [3.05, 3.63) is 48.3 Å². The van der Waals surface area contributed by atoms with Crippen LogP contribution in [0.1, 0.15) is 46.0 Å². The van der Waals surface area contributed by atoms with Gasteiger partial charge in [0.1, 0.15) is 23.5 Å². The third kappa shape index (κ3) is 4.68. The summed E-state index contributed by atoms with van der Waals surface area (Å²) in [6.07, 6.45) is 12.2. The summed E-state index contributed by atoms with van der Waals surface area (Å²) in [5.41, 5.74) is 7.47. The minimum absolute atomic E-state index is 0.0260. The monoisotopic (exact) mass is 468 g/mol. The van der Waals surface area contributed by atoms with Gasteiger partial charge in [0.25, 0.3) is 0 Å². The number of guanidine groups is 1. The van der Waals surface area contributed by atoms with Crippen molar-refractivity contribution < 1.29 is 9.53 Å². The molecule has 4 aliphatic rings. The van der Waals surface area contributed by atoms with Gasteiger partial charge in [0.2, 0.25) is 5.91 Å². The average Bonchev–Trinajstić information content (AvgIpc) is 3.10. The predicted molar refractivity (Wildman–Crippen MR) is 133 cm³/mol. The number of amides is 1. The van der Waals surface area contributed by atoms with Crippen LogP contribution >= 0.6 is 0 Å². The van der Waals surface area contributed by atoms with E-state index in [0.29, 0.717) is 24.8 Å². The molecule has 2 saturated heterocycles. The highest BCUT2D eigenvalue weighted by atomic mass is 16.5. The van der Waals surface area contributed by atoms with E-state index in [1.54, 1.807) is 25.2 Å². The number of nitrogens with zero attached hydrogens (tertiary/aromatic N) is 5. The van der Waals surface area contributed by atoms with Crippen LogP contribution in [0.2, 0.25) is 0 Å². The zero-order valence-electron chi connectivity index (χ0n) is 20.3. The van der Waals surface area contributed by atoms with Crippen LogP contribution in [-0.2, 0) is 9.53 Å². The lowest BCUT2D eigenvalue weighted by Crippen LogP contribution is -2.62. The van der Waals surface area contributed by atoms with Crippen molar-refractivity contribution in [3.63, 3.8) is 0 Å². The van der Waals surface area contributed by atoms with Crippen LogP contribution in [0, 0.1) is 0 Å². The third-order valence-corrected chi connectivity index (χ3v) is 6.59. The SMILES string of the molecule is C=CN(/N=C(/C)N)C1=C(OC)CC(NC2=NC3C(=CN2)N(CC)C(=O)C2CCCCCN23)C=C1. The quantitative estimate of drug-likeness (QED) is 0.309. The van der Waals surface area contributed by atoms with Crippen molar-refractivity contribution in [2.45, 2.75) is 64.2 Å². The van der Waals surface area contributed by atoms with E-state index in [-0.39, 0.29) is 24.2 Å². The number of methoxy groups -OCH3 is 1. The summed E-state index contributed by atoms with van der Waals surface area (Å²) in [4.78, 5) is 22.3. The van der Waals surface area contributed by atoms with Gasteiger partial charge in [0.15, 0.2) is 5.96 Å². The van der Waals surface area contributed by atoms with Gasteiger partial charge in [-0.2, -0.15) is 5.10 Å². The maximum Gasteiger partial charge on any atom is 0.244 e. The Hall–Kier alpha value is -3.27. The number of ether oxygens (including phenoxy) is 1. The van der Waals surface area contributed by atoms with E-state index in [4.69, 9.17) is 15.5 Å². The van der Waals surface area contributed by atoms with Gasteiger partial charge < -0.3 is 26.0 Å². The summed E-state index contributed by atoms with van der Waals surface area (Å²) in [5.74, 6) is 2.08. The molecule has 3 unspecified atom stereocenters. The normalized spacial score (nSPS) is 27.6. The molecule has 1 aliphatic carbocycles. The molecular weight excluding hydrogens is 432 g/mol. The van der Waals surface area contributed by atoms with Crippen LogP contribution in [0.25, 0.3) is 0 Å². The van der Waals surface area contributed by atoms with E-state index in [1.165, 1.54) is 0 Å². The fraction of sp³-hybridized carbons (Fsp3) is 0.542. The lowest BCUT2D eigenvalue weighted by Gasteiger charge is -2.46. The van der Waals surface area contributed by atoms with Gasteiger partial charge >= 0.3 is 0 Å². The molecule has 10 heteroatoms. The molecule has 0 saturated carbocycles. The molecule has 3 heterocycles. The number of carbonyl (C=O) groups is 1. The van der Waals surface area contributed by atoms with Gasteiger partial charge in [0.05, 0.1) is 24.9 Å². The molecule has 0 radical (unpaired) electrons. The van der Waals surface area contributed by atoms with Crippen LogP contribution in [0.15, 0.2) is 58.4 Å². The Morgan fingerprint density at radius 3 is 3.00 bits per heavy atom. The van der Waals surface area contributed by atoms with E-state index in [1.807, 2.05) is 24.1 Å². The van der Waals surface area contributed by atoms with E-state index >= 15 is 0 Å². The summed E-state index contributed by atoms with van der Waals surface area (Å²) >= 11 is 0. The highest BCUT2D eigenvalue weighted by Gasteiger charge is 2.44. The molecule has 10 nitrogen and oxygen atoms in total. The number of hydrogen-bond donors (Lipinski definition) is 3. The molecule has 3 atom stereocenters. The summed E-state index contributed by atoms with van der Waals surface area (Å²) in [6.45, 7) is 9.10. The molecule has 0 bridgehead atoms. The van der Waals surface area contributed by atoms with Gasteiger partial charge in [0, 0.05) is 31.9 Å². The van der Waals surface area contributed by atoms with Crippen molar-refractivity contribution in [3.8, 4) is 0 Å². The second-order valence-corrected chi connectivity index (χ2v) is 8.85. The first-order valence-corrected chi connectivity index (χ1v) is 12.0. The summed E-state index contributed by atoms with van der Waals surface area (Å²) in [5, 5.41) is 12.7. The highest BCUT2D eigenvalue weighted by molar-refractivity contribution is 5.88. The Morgan fingerprint density at radius 2 is 2.29 bits per heavy atom. The summed E-state index contributed by atoms with van der Waals surface area (Å²) < 4.78 is 5.66. The fourth-order valence-corrected chi connectivity index (χ4v) is 5.02. The Morgan fingerprint density at radius 1 is 1.47 bits per heavy atom. The lowest BCUT2D eigenvalue weighted by molar-refractivity contribution is -0.140. The van der Waals surface area contributed by atoms with E-state index in [2.05, 4.69) is 33.3 Å². The number of piperazine rings is 1. The van der Waals surface area contributed by atoms with Gasteiger partial charge in [-0.1, -0.05) is 25.5 Å². The maximum atomic E-state index is 13.1. The number of aliphatic imine (C=N–C) groups is 1. The summed E-state index contributed by atoms with van der Waals surface area (Å²) in [6, 6.07) is -0.119. The standard InChI is InChI=1S/C24H36N8O2/c1-5-30-20-15-26-24(28-22(20)31-13-9-7-8-10-19(31)23(30)33)27-17-11-12-18(21(14-17)34-4)32(6-2)29-16(3)25/h6,11-12,15,17,19,22H,2,5,7-10,13-14H2,1,3-4H3,(H2,25,29)(H2,26,27,28). The third-order valence-electron chi connectivity index (χ3n) is 6.59. The number of carbonyl (C=O) groups excluding carboxylic acids is 1. The highest BCUT2D eigenvalue weighted by Crippen LogP contribution is 2.32. The van der Waals surface area contributed by atoms with Crippen molar-refractivity contribution in [1.29, 1.82) is 0 Å². The molecule has 3 aliphatic heterocycles. The molecule has 4 rings (SSSR count). The summed E-state index contributed by atoms with van der Waals surface area (Å²) in [7, 11) is 1.65. The van der Waals surface area contributed by atoms with Gasteiger partial charge in [-0.15, -0.1) is 0 Å². The number of rotatable bonds is 6. The zero-order chi connectivity index (χ0) is 24.2. The number of fused-ring (bicyclic) bond motifs is 3. The number of hydrogen-bond acceptors (Lipinski definition) is 8. The first-order chi connectivity index (χ1) is 16.5. The molecule has 4 N–H and O–H groups in total. The van der Waals surface area contributed by atoms with Crippen LogP contribution < -0.4 is 16.4 Å². The zero-order valence-corrected chi connectivity index (χ0v) is 20.3. The predicted octanol–water partition coefficient (Wildman–Crippen LogP) is 1.73. The fourth-order valence-electron chi connectivity index (χ4n) is 5.02. The molecular formula is C24H36N8O2. The number of amidine groups is 1. The Bertz CT molecular complexity index is 962. The smallest absolute Gasteiger partial charge is 0.244 e. The van der Waals surface area contributed by atoms with Crippen molar-refractivity contribution >= 4 is 17.7 Å². The van der Waals surface area contributed by atoms with E-state index in [9.17, 15) is 4.79 Å². The second kappa shape index (κ2) is 10.3. The lowest BCUT2D eigenvalue weighted by atomic mass is 10.0. The molecule has 0 aromatic carbocycles. The number of nitrogens with two attached hydrogens (primary N) is 1. The second-order valence-electron chi connectivity index (χ2n) is 8.85. The molecule has 184 valence electrons. The van der Waals surface area contributed by atoms with Crippen molar-refractivity contribution in [2.75, 3.05) is 20.2 Å². The number of hydrazone groups is 1. The topological polar surface area (TPSA) is 111 Å². The molecule has 34 heavy (non-hydrogen) atoms. The minimum Gasteiger partial charge on any atom is -0.499 e. The molecule has 1 amide bonds. The van der Waals surface area contributed by atoms with Gasteiger partial charge in [-0.3, -0.25) is 9.69 Å². The van der Waals surface area contributed by atoms with Gasteiger partial charge in [-0.05, 0) is 32.8 Å². The Balaban J connectivity index is 1.52. The first kappa shape index (κ1) is 23.9. The number of nitrogens with one attached hydrogen (secondary N) is 2. The molecule has 0 spiro atoms. The van der Waals surface area contributed by atoms with Crippen LogP contribution in [0.5, 0.6) is 0 Å². The number of likely N-dealkylation sites (N-methyl/N-ethyl adjacent to an activating group) is 1. The van der Waals surface area contributed by atoms with Crippen molar-refractivity contribution in [1.82, 2.24) is 25.4 Å². The Labute approximate surface area is 201 Å². The van der Waals surface area contributed by atoms with Crippen LogP contribution in [-0.4, -0.2) is 71.0 Å². The minimum atomic E-state index is -0.164. The van der Waals surface area contributed by atoms with Crippen molar-refractivity contribution in [2.24, 2.45) is 15.8 Å². The molecule has 0 aromatic heterocycles. The van der Waals surface area contributed by atoms with Crippen LogP contribution in [0.3, 0.4) is 0 Å². The average molecular weight is 469 g/mol.